The Morgan fingerprint density at radius 3 is 1.23 bits per heavy atom. The number of nitriles is 1. The van der Waals surface area contributed by atoms with Gasteiger partial charge < -0.3 is 18.3 Å². The lowest BCUT2D eigenvalue weighted by Gasteiger charge is -2.14. The first-order chi connectivity index (χ1) is 32.6. The van der Waals surface area contributed by atoms with Crippen molar-refractivity contribution in [3.05, 3.63) is 235 Å². The number of nitrogens with zero attached hydrogens (tertiary/aromatic N) is 6. The summed E-state index contributed by atoms with van der Waals surface area (Å²) >= 11 is 0. The highest BCUT2D eigenvalue weighted by Gasteiger charge is 2.21. The second kappa shape index (κ2) is 14.6. The first-order valence-electron chi connectivity index (χ1n) is 22.0. The van der Waals surface area contributed by atoms with Gasteiger partial charge in [-0.1, -0.05) is 109 Å². The maximum Gasteiger partial charge on any atom is 0.187 e. The highest BCUT2D eigenvalue weighted by atomic mass is 15.0. The fraction of sp³-hybridized carbons (Fsp3) is 0. The largest absolute Gasteiger partial charge is 0.309 e. The first kappa shape index (κ1) is 37.2. The van der Waals surface area contributed by atoms with Crippen molar-refractivity contribution in [1.29, 1.82) is 5.26 Å². The number of hydrogen-bond donors (Lipinski definition) is 0. The Bertz CT molecular complexity index is 3880. The molecule has 13 rings (SSSR count). The molecule has 0 N–H and O–H groups in total. The molecule has 306 valence electrons. The third-order valence-corrected chi connectivity index (χ3v) is 13.2. The molecular weight excluding hydrogens is 805 g/mol. The number of benzene rings is 9. The van der Waals surface area contributed by atoms with Crippen LogP contribution in [0, 0.1) is 17.9 Å². The molecule has 6 heteroatoms. The van der Waals surface area contributed by atoms with Gasteiger partial charge in [-0.15, -0.1) is 0 Å². The maximum absolute atomic E-state index is 9.74. The fourth-order valence-electron chi connectivity index (χ4n) is 10.2. The summed E-state index contributed by atoms with van der Waals surface area (Å²) in [4.78, 5) is 3.70. The zero-order valence-electron chi connectivity index (χ0n) is 35.5. The molecule has 0 spiro atoms. The van der Waals surface area contributed by atoms with Gasteiger partial charge in [-0.3, -0.25) is 0 Å². The van der Waals surface area contributed by atoms with Crippen molar-refractivity contribution in [2.75, 3.05) is 0 Å². The third kappa shape index (κ3) is 5.66. The summed E-state index contributed by atoms with van der Waals surface area (Å²) in [5, 5.41) is 16.6. The molecule has 6 nitrogen and oxygen atoms in total. The van der Waals surface area contributed by atoms with Crippen LogP contribution in [0.4, 0.5) is 5.69 Å². The van der Waals surface area contributed by atoms with Crippen molar-refractivity contribution >= 4 is 71.1 Å². The van der Waals surface area contributed by atoms with E-state index in [4.69, 9.17) is 6.57 Å². The van der Waals surface area contributed by atoms with E-state index in [0.717, 1.165) is 89.1 Å². The summed E-state index contributed by atoms with van der Waals surface area (Å²) in [5.74, 6) is 0. The Hall–Kier alpha value is -9.36. The van der Waals surface area contributed by atoms with E-state index >= 15 is 0 Å². The Morgan fingerprint density at radius 2 is 0.773 bits per heavy atom. The van der Waals surface area contributed by atoms with Crippen LogP contribution >= 0.6 is 0 Å². The zero-order valence-corrected chi connectivity index (χ0v) is 35.5. The molecule has 0 amide bonds. The summed E-state index contributed by atoms with van der Waals surface area (Å²) in [5.41, 5.74) is 16.4. The topological polar surface area (TPSA) is 47.9 Å². The van der Waals surface area contributed by atoms with Gasteiger partial charge in [0.25, 0.3) is 0 Å². The predicted molar refractivity (Wildman–Crippen MR) is 271 cm³/mol. The van der Waals surface area contributed by atoms with Crippen LogP contribution in [0.2, 0.25) is 0 Å². The van der Waals surface area contributed by atoms with E-state index in [2.05, 4.69) is 223 Å². The Labute approximate surface area is 379 Å². The summed E-state index contributed by atoms with van der Waals surface area (Å²) < 4.78 is 9.44. The van der Waals surface area contributed by atoms with E-state index in [-0.39, 0.29) is 0 Å². The predicted octanol–water partition coefficient (Wildman–Crippen LogP) is 15.5. The smallest absolute Gasteiger partial charge is 0.187 e. The average molecular weight is 841 g/mol. The van der Waals surface area contributed by atoms with Crippen LogP contribution in [-0.4, -0.2) is 18.3 Å². The lowest BCUT2D eigenvalue weighted by molar-refractivity contribution is 1.13. The number of rotatable bonds is 6. The molecular formula is C60H36N6. The van der Waals surface area contributed by atoms with E-state index < -0.39 is 0 Å². The molecule has 13 aromatic rings. The summed E-state index contributed by atoms with van der Waals surface area (Å²) in [7, 11) is 0. The Balaban J connectivity index is 1.08. The molecule has 0 atom stereocenters. The molecule has 0 aliphatic heterocycles. The van der Waals surface area contributed by atoms with Crippen LogP contribution < -0.4 is 0 Å². The molecule has 0 radical (unpaired) electrons. The molecule has 9 aromatic carbocycles. The Morgan fingerprint density at radius 1 is 0.348 bits per heavy atom. The van der Waals surface area contributed by atoms with E-state index in [0.29, 0.717) is 11.3 Å². The van der Waals surface area contributed by atoms with Crippen LogP contribution in [0.15, 0.2) is 218 Å². The van der Waals surface area contributed by atoms with Gasteiger partial charge in [0.2, 0.25) is 0 Å². The van der Waals surface area contributed by atoms with E-state index in [9.17, 15) is 5.26 Å². The number of fused-ring (bicyclic) bond motifs is 8. The Kier molecular flexibility index (Phi) is 8.24. The average Bonchev–Trinajstić information content (AvgIpc) is 4.13. The quantitative estimate of drug-likeness (QED) is 0.154. The van der Waals surface area contributed by atoms with Gasteiger partial charge in [0.15, 0.2) is 5.69 Å². The van der Waals surface area contributed by atoms with Crippen LogP contribution in [-0.2, 0) is 0 Å². The molecule has 0 fully saturated rings. The minimum Gasteiger partial charge on any atom is -0.309 e. The second-order valence-electron chi connectivity index (χ2n) is 16.8. The fourth-order valence-corrected chi connectivity index (χ4v) is 10.2. The molecule has 0 saturated heterocycles. The summed E-state index contributed by atoms with van der Waals surface area (Å²) in [6, 6.07) is 79.3. The monoisotopic (exact) mass is 840 g/mol. The van der Waals surface area contributed by atoms with Gasteiger partial charge >= 0.3 is 0 Å². The normalized spacial score (nSPS) is 11.6. The third-order valence-electron chi connectivity index (χ3n) is 13.2. The van der Waals surface area contributed by atoms with Crippen LogP contribution in [0.25, 0.3) is 116 Å². The number of aromatic nitrogens is 4. The van der Waals surface area contributed by atoms with Gasteiger partial charge in [0.05, 0.1) is 62.7 Å². The van der Waals surface area contributed by atoms with E-state index in [1.54, 1.807) is 0 Å². The summed E-state index contributed by atoms with van der Waals surface area (Å²) in [6.45, 7) is 7.67. The molecule has 66 heavy (non-hydrogen) atoms. The molecule has 0 unspecified atom stereocenters. The van der Waals surface area contributed by atoms with Crippen molar-refractivity contribution in [3.8, 4) is 51.3 Å². The van der Waals surface area contributed by atoms with Gasteiger partial charge in [-0.25, -0.2) is 4.85 Å². The first-order valence-corrected chi connectivity index (χ1v) is 22.0. The highest BCUT2D eigenvalue weighted by molar-refractivity contribution is 6.12. The van der Waals surface area contributed by atoms with Crippen molar-refractivity contribution in [3.63, 3.8) is 0 Å². The van der Waals surface area contributed by atoms with Crippen molar-refractivity contribution in [2.45, 2.75) is 0 Å². The molecule has 4 heterocycles. The van der Waals surface area contributed by atoms with Crippen LogP contribution in [0.1, 0.15) is 5.56 Å². The minimum absolute atomic E-state index is 0.607. The highest BCUT2D eigenvalue weighted by Crippen LogP contribution is 2.42. The van der Waals surface area contributed by atoms with Crippen molar-refractivity contribution in [2.24, 2.45) is 0 Å². The lowest BCUT2D eigenvalue weighted by atomic mass is 10.1. The van der Waals surface area contributed by atoms with Crippen LogP contribution in [0.5, 0.6) is 0 Å². The van der Waals surface area contributed by atoms with Gasteiger partial charge in [0, 0.05) is 55.1 Å². The molecule has 0 saturated carbocycles. The molecule has 0 bridgehead atoms. The van der Waals surface area contributed by atoms with E-state index in [1.807, 2.05) is 24.3 Å². The molecule has 0 aliphatic carbocycles. The van der Waals surface area contributed by atoms with Gasteiger partial charge in [-0.05, 0) is 120 Å². The zero-order chi connectivity index (χ0) is 43.9. The SMILES string of the molecule is [C-]#[N+]c1ccc(-c2cc3cc4c(cc(-c5ccc(C#N)cc5)n4-c4ccc5c(c4)c4ccccc4n5-c4ccccc4)cc3n2-c2ccc3c(c2)c2ccccc2n3-c2ccccc2)cc1. The van der Waals surface area contributed by atoms with Crippen LogP contribution in [0.3, 0.4) is 0 Å². The van der Waals surface area contributed by atoms with Crippen molar-refractivity contribution in [1.82, 2.24) is 18.3 Å². The maximum atomic E-state index is 9.74. The standard InChI is InChI=1S/C60H36N6/c1-62-44-26-24-41(25-27-44)58-33-43-35-59-42(34-60(43)66(58)48-29-31-56-52(37-48)50-17-9-11-19-54(50)64(56)46-14-6-3-7-15-46)32-57(40-22-20-39(38-61)21-23-40)65(59)47-28-30-55-51(36-47)49-16-8-10-18-53(49)63(55)45-12-4-2-5-13-45/h2-37H. The minimum atomic E-state index is 0.607. The molecule has 0 aliphatic rings. The van der Waals surface area contributed by atoms with Gasteiger partial charge in [-0.2, -0.15) is 5.26 Å². The summed E-state index contributed by atoms with van der Waals surface area (Å²) in [6.07, 6.45) is 0. The van der Waals surface area contributed by atoms with E-state index in [1.165, 1.54) is 21.5 Å². The molecule has 4 aromatic heterocycles. The number of hydrogen-bond acceptors (Lipinski definition) is 1. The number of para-hydroxylation sites is 4. The van der Waals surface area contributed by atoms with Crippen molar-refractivity contribution < 1.29 is 0 Å². The lowest BCUT2D eigenvalue weighted by Crippen LogP contribution is -1.98. The van der Waals surface area contributed by atoms with Gasteiger partial charge in [0.1, 0.15) is 0 Å². The second-order valence-corrected chi connectivity index (χ2v) is 16.8.